The first-order valence-electron chi connectivity index (χ1n) is 10.7. The third-order valence-electron chi connectivity index (χ3n) is 6.21. The number of hydrogen-bond donors (Lipinski definition) is 1. The van der Waals surface area contributed by atoms with Crippen LogP contribution in [0.15, 0.2) is 60.0 Å². The molecule has 30 heavy (non-hydrogen) atoms. The number of amides is 1. The number of rotatable bonds is 5. The molecule has 0 bridgehead atoms. The second-order valence-electron chi connectivity index (χ2n) is 8.28. The van der Waals surface area contributed by atoms with Crippen LogP contribution in [0.5, 0.6) is 0 Å². The average molecular weight is 425 g/mol. The Morgan fingerprint density at radius 3 is 2.37 bits per heavy atom. The van der Waals surface area contributed by atoms with Gasteiger partial charge in [0.15, 0.2) is 0 Å². The molecule has 1 saturated carbocycles. The monoisotopic (exact) mass is 424 g/mol. The van der Waals surface area contributed by atoms with E-state index in [1.54, 1.807) is 30.3 Å². The molecular formula is C24H28N2O3S. The molecule has 6 heteroatoms. The number of carbonyl (C=O) groups excluding carboxylic acids is 1. The highest BCUT2D eigenvalue weighted by Gasteiger charge is 2.33. The number of fused-ring (bicyclic) bond motifs is 1. The smallest absolute Gasteiger partial charge is 0.255 e. The van der Waals surface area contributed by atoms with Crippen molar-refractivity contribution in [2.24, 2.45) is 11.8 Å². The van der Waals surface area contributed by atoms with E-state index in [1.165, 1.54) is 25.7 Å². The van der Waals surface area contributed by atoms with E-state index in [4.69, 9.17) is 0 Å². The molecule has 5 nitrogen and oxygen atoms in total. The number of likely N-dealkylation sites (tertiary alicyclic amines) is 1. The number of piperidine rings is 1. The number of nitrogens with zero attached hydrogens (tertiary/aromatic N) is 1. The minimum Gasteiger partial charge on any atom is -0.338 e. The van der Waals surface area contributed by atoms with Crippen molar-refractivity contribution in [3.8, 4) is 0 Å². The largest absolute Gasteiger partial charge is 0.338 e. The van der Waals surface area contributed by atoms with Gasteiger partial charge in [-0.15, -0.1) is 0 Å². The van der Waals surface area contributed by atoms with E-state index >= 15 is 0 Å². The molecule has 0 radical (unpaired) electrons. The maximum Gasteiger partial charge on any atom is 0.255 e. The Kier molecular flexibility index (Phi) is 6.23. The molecule has 158 valence electrons. The number of nitrogens with one attached hydrogen (secondary N) is 1. The van der Waals surface area contributed by atoms with Gasteiger partial charge >= 0.3 is 0 Å². The molecule has 2 aromatic rings. The molecule has 1 heterocycles. The van der Waals surface area contributed by atoms with Gasteiger partial charge in [-0.1, -0.05) is 49.6 Å². The molecule has 2 aliphatic rings. The first-order valence-corrected chi connectivity index (χ1v) is 12.2. The number of carbonyl (C=O) groups is 1. The van der Waals surface area contributed by atoms with Gasteiger partial charge < -0.3 is 4.90 Å². The highest BCUT2D eigenvalue weighted by Crippen LogP contribution is 2.36. The zero-order chi connectivity index (χ0) is 21.0. The first-order chi connectivity index (χ1) is 14.5. The van der Waals surface area contributed by atoms with Gasteiger partial charge in [-0.05, 0) is 60.6 Å². The van der Waals surface area contributed by atoms with Crippen LogP contribution < -0.4 is 4.72 Å². The van der Waals surface area contributed by atoms with E-state index in [1.807, 2.05) is 35.2 Å². The quantitative estimate of drug-likeness (QED) is 0.753. The third-order valence-corrected chi connectivity index (χ3v) is 7.22. The maximum absolute atomic E-state index is 12.9. The molecule has 1 amide bonds. The third kappa shape index (κ3) is 5.11. The summed E-state index contributed by atoms with van der Waals surface area (Å²) in [6.45, 7) is 1.67. The predicted molar refractivity (Wildman–Crippen MR) is 120 cm³/mol. The minimum atomic E-state index is -3.63. The van der Waals surface area contributed by atoms with Gasteiger partial charge in [0.2, 0.25) is 0 Å². The summed E-state index contributed by atoms with van der Waals surface area (Å²) in [4.78, 5) is 14.9. The molecule has 2 aromatic carbocycles. The lowest BCUT2D eigenvalue weighted by molar-refractivity contribution is 0.0521. The maximum atomic E-state index is 12.9. The van der Waals surface area contributed by atoms with Gasteiger partial charge in [0.1, 0.15) is 0 Å². The van der Waals surface area contributed by atoms with Crippen LogP contribution in [0.25, 0.3) is 6.08 Å². The summed E-state index contributed by atoms with van der Waals surface area (Å²) in [6.07, 6.45) is 7.78. The molecular weight excluding hydrogens is 396 g/mol. The lowest BCUT2D eigenvalue weighted by Gasteiger charge is -2.41. The Morgan fingerprint density at radius 1 is 0.933 bits per heavy atom. The molecule has 1 saturated heterocycles. The van der Waals surface area contributed by atoms with Gasteiger partial charge in [0.05, 0.1) is 5.41 Å². The van der Waals surface area contributed by atoms with Crippen LogP contribution in [0.3, 0.4) is 0 Å². The summed E-state index contributed by atoms with van der Waals surface area (Å²) in [6, 6.07) is 16.0. The van der Waals surface area contributed by atoms with Crippen LogP contribution in [0, 0.1) is 11.8 Å². The zero-order valence-corrected chi connectivity index (χ0v) is 17.9. The lowest BCUT2D eigenvalue weighted by Crippen LogP contribution is -2.44. The van der Waals surface area contributed by atoms with Gasteiger partial charge in [-0.2, -0.15) is 0 Å². The second-order valence-corrected chi connectivity index (χ2v) is 9.85. The number of anilines is 1. The van der Waals surface area contributed by atoms with Crippen LogP contribution in [-0.2, 0) is 10.0 Å². The Balaban J connectivity index is 1.37. The summed E-state index contributed by atoms with van der Waals surface area (Å²) in [5, 5.41) is 1.15. The van der Waals surface area contributed by atoms with Crippen molar-refractivity contribution in [3.63, 3.8) is 0 Å². The lowest BCUT2D eigenvalue weighted by atomic mass is 9.75. The molecule has 0 unspecified atom stereocenters. The van der Waals surface area contributed by atoms with Crippen LogP contribution in [0.2, 0.25) is 0 Å². The van der Waals surface area contributed by atoms with Crippen molar-refractivity contribution in [1.29, 1.82) is 0 Å². The fraction of sp³-hybridized carbons (Fsp3) is 0.375. The fourth-order valence-electron chi connectivity index (χ4n) is 4.58. The normalized spacial score (nSPS) is 21.9. The predicted octanol–water partition coefficient (Wildman–Crippen LogP) is 4.75. The van der Waals surface area contributed by atoms with Gasteiger partial charge in [-0.3, -0.25) is 9.52 Å². The standard InChI is InChI=1S/C24H28N2O3S/c27-24(26-16-14-20-8-4-5-9-22(20)18-26)21-10-12-23(13-11-21)25-30(28,29)17-15-19-6-2-1-3-7-19/h1-3,6-7,10-13,15,17,20,22,25H,4-5,8-9,14,16,18H2/b17-15+/t20-,22-/m0/s1. The van der Waals surface area contributed by atoms with E-state index in [2.05, 4.69) is 4.72 Å². The van der Waals surface area contributed by atoms with Crippen molar-refractivity contribution in [2.75, 3.05) is 17.8 Å². The highest BCUT2D eigenvalue weighted by molar-refractivity contribution is 7.95. The number of sulfonamides is 1. The SMILES string of the molecule is O=C(c1ccc(NS(=O)(=O)/C=C/c2ccccc2)cc1)N1CC[C@@H]2CCCC[C@H]2C1. The topological polar surface area (TPSA) is 66.5 Å². The van der Waals surface area contributed by atoms with E-state index in [0.29, 0.717) is 17.2 Å². The summed E-state index contributed by atoms with van der Waals surface area (Å²) >= 11 is 0. The van der Waals surface area contributed by atoms with Crippen molar-refractivity contribution in [1.82, 2.24) is 4.90 Å². The van der Waals surface area contributed by atoms with Crippen molar-refractivity contribution in [2.45, 2.75) is 32.1 Å². The van der Waals surface area contributed by atoms with E-state index in [-0.39, 0.29) is 5.91 Å². The van der Waals surface area contributed by atoms with E-state index in [9.17, 15) is 13.2 Å². The molecule has 2 fully saturated rings. The van der Waals surface area contributed by atoms with Gasteiger partial charge in [-0.25, -0.2) is 8.42 Å². The van der Waals surface area contributed by atoms with E-state index in [0.717, 1.165) is 36.4 Å². The number of hydrogen-bond acceptors (Lipinski definition) is 3. The first kappa shape index (κ1) is 20.7. The van der Waals surface area contributed by atoms with Crippen molar-refractivity contribution < 1.29 is 13.2 Å². The summed E-state index contributed by atoms with van der Waals surface area (Å²) in [7, 11) is -3.63. The molecule has 4 rings (SSSR count). The fourth-order valence-corrected chi connectivity index (χ4v) is 5.45. The summed E-state index contributed by atoms with van der Waals surface area (Å²) in [5.41, 5.74) is 1.85. The second kappa shape index (κ2) is 9.04. The van der Waals surface area contributed by atoms with Crippen LogP contribution in [-0.4, -0.2) is 32.3 Å². The summed E-state index contributed by atoms with van der Waals surface area (Å²) < 4.78 is 27.1. The van der Waals surface area contributed by atoms with Gasteiger partial charge in [0, 0.05) is 24.3 Å². The van der Waals surface area contributed by atoms with E-state index < -0.39 is 10.0 Å². The molecule has 1 aliphatic heterocycles. The molecule has 1 aliphatic carbocycles. The minimum absolute atomic E-state index is 0.0393. The highest BCUT2D eigenvalue weighted by atomic mass is 32.2. The Hall–Kier alpha value is -2.60. The van der Waals surface area contributed by atoms with Crippen LogP contribution >= 0.6 is 0 Å². The molecule has 0 spiro atoms. The summed E-state index contributed by atoms with van der Waals surface area (Å²) in [5.74, 6) is 1.46. The Labute approximate surface area is 178 Å². The average Bonchev–Trinajstić information content (AvgIpc) is 2.78. The van der Waals surface area contributed by atoms with Crippen molar-refractivity contribution in [3.05, 3.63) is 71.1 Å². The molecule has 0 aromatic heterocycles. The van der Waals surface area contributed by atoms with Crippen LogP contribution in [0.4, 0.5) is 5.69 Å². The molecule has 2 atom stereocenters. The van der Waals surface area contributed by atoms with Crippen LogP contribution in [0.1, 0.15) is 48.0 Å². The van der Waals surface area contributed by atoms with Gasteiger partial charge in [0.25, 0.3) is 15.9 Å². The number of benzene rings is 2. The van der Waals surface area contributed by atoms with Crippen molar-refractivity contribution >= 4 is 27.7 Å². The Bertz CT molecular complexity index is 1000. The molecule has 1 N–H and O–H groups in total. The Morgan fingerprint density at radius 2 is 1.63 bits per heavy atom. The zero-order valence-electron chi connectivity index (χ0n) is 17.0.